The molecule has 3 aliphatic heterocycles. The third-order valence-corrected chi connectivity index (χ3v) is 7.22. The molecule has 1 N–H and O–H groups in total. The van der Waals surface area contributed by atoms with Crippen molar-refractivity contribution in [3.8, 4) is 22.9 Å². The van der Waals surface area contributed by atoms with Gasteiger partial charge in [0.25, 0.3) is 5.56 Å². The molecule has 1 atom stereocenters. The zero-order valence-electron chi connectivity index (χ0n) is 18.5. The molecule has 0 amide bonds. The molecule has 0 radical (unpaired) electrons. The number of benzene rings is 1. The molecule has 0 saturated heterocycles. The highest BCUT2D eigenvalue weighted by Gasteiger charge is 2.35. The summed E-state index contributed by atoms with van der Waals surface area (Å²) < 4.78 is 17.9. The average Bonchev–Trinajstić information content (AvgIpc) is 3.42. The Hall–Kier alpha value is -3.39. The lowest BCUT2D eigenvalue weighted by molar-refractivity contribution is -0.157. The van der Waals surface area contributed by atoms with Gasteiger partial charge < -0.3 is 23.9 Å². The summed E-state index contributed by atoms with van der Waals surface area (Å²) in [6.45, 7) is 4.84. The van der Waals surface area contributed by atoms with E-state index in [4.69, 9.17) is 19.2 Å². The van der Waals surface area contributed by atoms with Crippen molar-refractivity contribution in [3.63, 3.8) is 0 Å². The molecule has 2 aromatic heterocycles. The number of hydrogen-bond acceptors (Lipinski definition) is 7. The molecular formula is C25H24N2O6. The van der Waals surface area contributed by atoms with Crippen molar-refractivity contribution < 1.29 is 24.1 Å². The Labute approximate surface area is 189 Å². The van der Waals surface area contributed by atoms with E-state index in [9.17, 15) is 14.7 Å². The van der Waals surface area contributed by atoms with Crippen LogP contribution in [0, 0.1) is 5.92 Å². The van der Waals surface area contributed by atoms with Gasteiger partial charge in [-0.05, 0) is 30.0 Å². The first kappa shape index (κ1) is 20.2. The van der Waals surface area contributed by atoms with E-state index in [1.54, 1.807) is 10.6 Å². The third kappa shape index (κ3) is 2.90. The number of carbonyl (C=O) groups excluding carboxylic acids is 1. The Morgan fingerprint density at radius 1 is 1.09 bits per heavy atom. The van der Waals surface area contributed by atoms with Crippen LogP contribution in [0.25, 0.3) is 22.3 Å². The van der Waals surface area contributed by atoms with Crippen LogP contribution in [0.5, 0.6) is 11.5 Å². The predicted molar refractivity (Wildman–Crippen MR) is 119 cm³/mol. The maximum absolute atomic E-state index is 13.3. The van der Waals surface area contributed by atoms with Crippen LogP contribution in [0.4, 0.5) is 0 Å². The maximum Gasteiger partial charge on any atom is 0.340 e. The maximum atomic E-state index is 13.3. The summed E-state index contributed by atoms with van der Waals surface area (Å²) in [5.41, 5.74) is 4.66. The van der Waals surface area contributed by atoms with E-state index in [0.717, 1.165) is 41.3 Å². The second kappa shape index (κ2) is 7.31. The molecule has 33 heavy (non-hydrogen) atoms. The van der Waals surface area contributed by atoms with E-state index in [2.05, 4.69) is 13.8 Å². The van der Waals surface area contributed by atoms with Gasteiger partial charge in [-0.1, -0.05) is 26.7 Å². The fourth-order valence-corrected chi connectivity index (χ4v) is 5.20. The number of rotatable bonds is 4. The minimum atomic E-state index is -1.46. The van der Waals surface area contributed by atoms with Gasteiger partial charge in [0, 0.05) is 22.6 Å². The number of aliphatic hydroxyl groups excluding tert-OH is 1. The predicted octanol–water partition coefficient (Wildman–Crippen LogP) is 3.22. The topological polar surface area (TPSA) is 99.9 Å². The summed E-state index contributed by atoms with van der Waals surface area (Å²) in [4.78, 5) is 30.2. The van der Waals surface area contributed by atoms with E-state index < -0.39 is 12.1 Å². The quantitative estimate of drug-likeness (QED) is 0.479. The Morgan fingerprint density at radius 2 is 1.85 bits per heavy atom. The number of ether oxygens (including phenoxy) is 3. The first-order valence-corrected chi connectivity index (χ1v) is 11.4. The van der Waals surface area contributed by atoms with Crippen molar-refractivity contribution in [2.75, 3.05) is 6.79 Å². The average molecular weight is 448 g/mol. The number of carbonyl (C=O) groups is 1. The number of aliphatic hydroxyl groups is 1. The molecule has 1 aromatic carbocycles. The van der Waals surface area contributed by atoms with Crippen molar-refractivity contribution in [1.29, 1.82) is 0 Å². The summed E-state index contributed by atoms with van der Waals surface area (Å²) in [6.07, 6.45) is 1.49. The molecule has 5 heterocycles. The highest BCUT2D eigenvalue weighted by molar-refractivity contribution is 5.91. The number of fused-ring (bicyclic) bond motifs is 6. The van der Waals surface area contributed by atoms with E-state index in [1.807, 2.05) is 12.1 Å². The second-order valence-electron chi connectivity index (χ2n) is 8.89. The molecule has 3 aromatic rings. The van der Waals surface area contributed by atoms with E-state index in [1.165, 1.54) is 0 Å². The van der Waals surface area contributed by atoms with Crippen molar-refractivity contribution in [2.24, 2.45) is 5.92 Å². The molecule has 8 heteroatoms. The minimum Gasteiger partial charge on any atom is -0.458 e. The smallest absolute Gasteiger partial charge is 0.340 e. The van der Waals surface area contributed by atoms with Crippen molar-refractivity contribution in [3.05, 3.63) is 50.8 Å². The highest BCUT2D eigenvalue weighted by atomic mass is 16.7. The second-order valence-corrected chi connectivity index (χ2v) is 8.89. The molecule has 0 aliphatic carbocycles. The van der Waals surface area contributed by atoms with Crippen LogP contribution in [-0.4, -0.2) is 27.4 Å². The summed E-state index contributed by atoms with van der Waals surface area (Å²) in [7, 11) is 0. The monoisotopic (exact) mass is 448 g/mol. The fraction of sp³-hybridized carbons (Fsp3) is 0.400. The summed E-state index contributed by atoms with van der Waals surface area (Å²) in [6, 6.07) is 5.61. The van der Waals surface area contributed by atoms with Gasteiger partial charge in [-0.3, -0.25) is 4.79 Å². The van der Waals surface area contributed by atoms with Gasteiger partial charge in [-0.15, -0.1) is 0 Å². The van der Waals surface area contributed by atoms with Crippen LogP contribution >= 0.6 is 0 Å². The van der Waals surface area contributed by atoms with Crippen molar-refractivity contribution in [2.45, 2.75) is 52.4 Å². The van der Waals surface area contributed by atoms with Gasteiger partial charge >= 0.3 is 5.97 Å². The summed E-state index contributed by atoms with van der Waals surface area (Å²) in [5, 5.41) is 11.4. The van der Waals surface area contributed by atoms with Crippen molar-refractivity contribution >= 4 is 16.9 Å². The molecule has 1 unspecified atom stereocenters. The molecule has 0 saturated carbocycles. The lowest BCUT2D eigenvalue weighted by Gasteiger charge is -2.21. The standard InChI is InChI=1S/C25H24N2O6/c1-3-12(4-2)5-13-14-7-20-21(33-11-32-20)8-18(14)26-22-16(13)9-27-19(22)6-15-17(24(27)29)10-31-25(30)23(15)28/h6-8,12,23,28H,3-5,9-11H2,1-2H3. The van der Waals surface area contributed by atoms with Gasteiger partial charge in [0.2, 0.25) is 6.79 Å². The normalized spacial score (nSPS) is 17.8. The fourth-order valence-electron chi connectivity index (χ4n) is 5.20. The van der Waals surface area contributed by atoms with Gasteiger partial charge in [0.05, 0.1) is 29.0 Å². The van der Waals surface area contributed by atoms with E-state index in [-0.39, 0.29) is 19.0 Å². The van der Waals surface area contributed by atoms with Crippen LogP contribution in [-0.2, 0) is 29.1 Å². The number of nitrogens with zero attached hydrogens (tertiary/aromatic N) is 2. The highest BCUT2D eigenvalue weighted by Crippen LogP contribution is 2.43. The SMILES string of the molecule is CCC(CC)Cc1c2c(nc3cc4c(cc13)OCO4)-c1cc3c(c(=O)n1C2)COC(=O)C3O. The third-order valence-electron chi connectivity index (χ3n) is 7.22. The Balaban J connectivity index is 1.61. The zero-order chi connectivity index (χ0) is 22.9. The molecular weight excluding hydrogens is 424 g/mol. The lowest BCUT2D eigenvalue weighted by atomic mass is 9.89. The molecule has 0 spiro atoms. The number of cyclic esters (lactones) is 1. The number of esters is 1. The molecule has 170 valence electrons. The van der Waals surface area contributed by atoms with Crippen LogP contribution in [0.15, 0.2) is 23.0 Å². The molecule has 0 fully saturated rings. The first-order valence-electron chi connectivity index (χ1n) is 11.4. The number of hydrogen-bond donors (Lipinski definition) is 1. The van der Waals surface area contributed by atoms with Crippen LogP contribution < -0.4 is 15.0 Å². The molecule has 8 nitrogen and oxygen atoms in total. The minimum absolute atomic E-state index is 0.127. The van der Waals surface area contributed by atoms with Crippen molar-refractivity contribution in [1.82, 2.24) is 9.55 Å². The number of pyridine rings is 2. The van der Waals surface area contributed by atoms with Crippen LogP contribution in [0.3, 0.4) is 0 Å². The Kier molecular flexibility index (Phi) is 4.48. The van der Waals surface area contributed by atoms with Gasteiger partial charge in [-0.25, -0.2) is 9.78 Å². The number of aromatic nitrogens is 2. The first-order chi connectivity index (χ1) is 16.0. The van der Waals surface area contributed by atoms with E-state index >= 15 is 0 Å². The van der Waals surface area contributed by atoms with Gasteiger partial charge in [-0.2, -0.15) is 0 Å². The summed E-state index contributed by atoms with van der Waals surface area (Å²) >= 11 is 0. The Bertz CT molecular complexity index is 1390. The molecule has 3 aliphatic rings. The lowest BCUT2D eigenvalue weighted by Crippen LogP contribution is -2.32. The molecule has 0 bridgehead atoms. The van der Waals surface area contributed by atoms with Crippen LogP contribution in [0.2, 0.25) is 0 Å². The van der Waals surface area contributed by atoms with E-state index in [0.29, 0.717) is 46.5 Å². The molecule has 6 rings (SSSR count). The van der Waals surface area contributed by atoms with Gasteiger partial charge in [0.15, 0.2) is 17.6 Å². The van der Waals surface area contributed by atoms with Gasteiger partial charge in [0.1, 0.15) is 6.61 Å². The largest absolute Gasteiger partial charge is 0.458 e. The zero-order valence-corrected chi connectivity index (χ0v) is 18.5. The van der Waals surface area contributed by atoms with Crippen LogP contribution in [0.1, 0.15) is 55.0 Å². The summed E-state index contributed by atoms with van der Waals surface area (Å²) in [5.74, 6) is 1.12. The Morgan fingerprint density at radius 3 is 2.61 bits per heavy atom.